The Morgan fingerprint density at radius 3 is 2.50 bits per heavy atom. The summed E-state index contributed by atoms with van der Waals surface area (Å²) in [4.78, 5) is 23.7. The molecule has 0 aliphatic heterocycles. The molecule has 0 aromatic rings. The molecule has 0 aromatic heterocycles. The van der Waals surface area contributed by atoms with Crippen LogP contribution in [-0.2, 0) is 14.3 Å². The van der Waals surface area contributed by atoms with E-state index in [-0.39, 0.29) is 23.8 Å². The van der Waals surface area contributed by atoms with Gasteiger partial charge in [0, 0.05) is 12.0 Å². The van der Waals surface area contributed by atoms with Gasteiger partial charge in [0.05, 0.1) is 7.11 Å². The fourth-order valence-corrected chi connectivity index (χ4v) is 2.36. The van der Waals surface area contributed by atoms with Crippen molar-refractivity contribution in [3.8, 4) is 0 Å². The highest BCUT2D eigenvalue weighted by atomic mass is 16.5. The maximum Gasteiger partial charge on any atom is 0.328 e. The molecule has 1 aliphatic carbocycles. The minimum Gasteiger partial charge on any atom is -0.467 e. The third-order valence-electron chi connectivity index (χ3n) is 3.51. The molecule has 0 aromatic carbocycles. The van der Waals surface area contributed by atoms with Crippen molar-refractivity contribution >= 4 is 11.9 Å². The fourth-order valence-electron chi connectivity index (χ4n) is 2.36. The molecular weight excluding hydrogens is 232 g/mol. The maximum absolute atomic E-state index is 12.1. The summed E-state index contributed by atoms with van der Waals surface area (Å²) in [6.07, 6.45) is 3.52. The Kier molecular flexibility index (Phi) is 5.59. The number of amides is 1. The summed E-state index contributed by atoms with van der Waals surface area (Å²) >= 11 is 0. The second kappa shape index (κ2) is 6.73. The lowest BCUT2D eigenvalue weighted by Gasteiger charge is -2.28. The van der Waals surface area contributed by atoms with Crippen molar-refractivity contribution in [2.75, 3.05) is 7.11 Å². The molecule has 1 saturated carbocycles. The summed E-state index contributed by atoms with van der Waals surface area (Å²) < 4.78 is 4.70. The second-order valence-corrected chi connectivity index (χ2v) is 5.38. The van der Waals surface area contributed by atoms with Gasteiger partial charge in [-0.3, -0.25) is 4.79 Å². The molecule has 0 saturated heterocycles. The number of methoxy groups -OCH3 is 1. The standard InChI is InChI=1S/C13H24N2O3/c1-8(2)11(13(17)18-3)15-12(16)9-5-4-6-10(14)7-9/h8-11H,4-7,14H2,1-3H3,(H,15,16)/t9?,10?,11-/m0/s1. The quantitative estimate of drug-likeness (QED) is 0.730. The summed E-state index contributed by atoms with van der Waals surface area (Å²) in [7, 11) is 1.33. The zero-order valence-electron chi connectivity index (χ0n) is 11.4. The van der Waals surface area contributed by atoms with E-state index < -0.39 is 12.0 Å². The number of carbonyl (C=O) groups is 2. The van der Waals surface area contributed by atoms with Crippen LogP contribution in [0.1, 0.15) is 39.5 Å². The molecule has 18 heavy (non-hydrogen) atoms. The lowest BCUT2D eigenvalue weighted by molar-refractivity contribution is -0.147. The first kappa shape index (κ1) is 15.0. The maximum atomic E-state index is 12.1. The first-order valence-corrected chi connectivity index (χ1v) is 6.59. The minimum absolute atomic E-state index is 0.0127. The molecule has 1 aliphatic rings. The number of rotatable bonds is 4. The molecule has 1 fully saturated rings. The fraction of sp³-hybridized carbons (Fsp3) is 0.846. The predicted octanol–water partition coefficient (Wildman–Crippen LogP) is 0.818. The highest BCUT2D eigenvalue weighted by molar-refractivity contribution is 5.85. The number of nitrogens with one attached hydrogen (secondary N) is 1. The third kappa shape index (κ3) is 3.98. The smallest absolute Gasteiger partial charge is 0.328 e. The van der Waals surface area contributed by atoms with E-state index in [1.807, 2.05) is 13.8 Å². The number of hydrogen-bond donors (Lipinski definition) is 2. The minimum atomic E-state index is -0.569. The van der Waals surface area contributed by atoms with Crippen molar-refractivity contribution in [2.24, 2.45) is 17.6 Å². The van der Waals surface area contributed by atoms with Crippen molar-refractivity contribution in [3.63, 3.8) is 0 Å². The van der Waals surface area contributed by atoms with Crippen molar-refractivity contribution < 1.29 is 14.3 Å². The normalized spacial score (nSPS) is 25.6. The van der Waals surface area contributed by atoms with Crippen LogP contribution in [-0.4, -0.2) is 31.1 Å². The van der Waals surface area contributed by atoms with Gasteiger partial charge < -0.3 is 15.8 Å². The number of nitrogens with two attached hydrogens (primary N) is 1. The van der Waals surface area contributed by atoms with Gasteiger partial charge in [-0.15, -0.1) is 0 Å². The summed E-state index contributed by atoms with van der Waals surface area (Å²) in [5.41, 5.74) is 5.87. The lowest BCUT2D eigenvalue weighted by atomic mass is 9.85. The zero-order valence-corrected chi connectivity index (χ0v) is 11.4. The van der Waals surface area contributed by atoms with Crippen LogP contribution in [0.2, 0.25) is 0 Å². The van der Waals surface area contributed by atoms with Gasteiger partial charge in [-0.2, -0.15) is 0 Å². The van der Waals surface area contributed by atoms with Gasteiger partial charge in [0.25, 0.3) is 0 Å². The van der Waals surface area contributed by atoms with Gasteiger partial charge >= 0.3 is 5.97 Å². The van der Waals surface area contributed by atoms with Gasteiger partial charge in [0.15, 0.2) is 0 Å². The molecule has 0 spiro atoms. The summed E-state index contributed by atoms with van der Waals surface area (Å²) in [5.74, 6) is -0.522. The molecule has 3 atom stereocenters. The SMILES string of the molecule is COC(=O)[C@@H](NC(=O)C1CCCC(N)C1)C(C)C. The highest BCUT2D eigenvalue weighted by Gasteiger charge is 2.30. The first-order chi connectivity index (χ1) is 8.45. The Labute approximate surface area is 108 Å². The molecule has 1 amide bonds. The van der Waals surface area contributed by atoms with E-state index >= 15 is 0 Å². The lowest BCUT2D eigenvalue weighted by Crippen LogP contribution is -2.48. The van der Waals surface area contributed by atoms with Crippen molar-refractivity contribution in [1.82, 2.24) is 5.32 Å². The average Bonchev–Trinajstić information content (AvgIpc) is 2.34. The van der Waals surface area contributed by atoms with E-state index in [4.69, 9.17) is 10.5 Å². The second-order valence-electron chi connectivity index (χ2n) is 5.38. The number of ether oxygens (including phenoxy) is 1. The van der Waals surface area contributed by atoms with Crippen LogP contribution in [0.5, 0.6) is 0 Å². The van der Waals surface area contributed by atoms with Crippen LogP contribution in [0, 0.1) is 11.8 Å². The zero-order chi connectivity index (χ0) is 13.7. The van der Waals surface area contributed by atoms with Gasteiger partial charge in [0.1, 0.15) is 6.04 Å². The molecule has 0 bridgehead atoms. The number of hydrogen-bond acceptors (Lipinski definition) is 4. The van der Waals surface area contributed by atoms with Crippen LogP contribution in [0.4, 0.5) is 0 Å². The molecule has 5 heteroatoms. The molecule has 0 heterocycles. The summed E-state index contributed by atoms with van der Waals surface area (Å²) in [6, 6.07) is -0.467. The van der Waals surface area contributed by atoms with Crippen LogP contribution < -0.4 is 11.1 Å². The van der Waals surface area contributed by atoms with E-state index in [1.54, 1.807) is 0 Å². The van der Waals surface area contributed by atoms with Crippen molar-refractivity contribution in [3.05, 3.63) is 0 Å². The van der Waals surface area contributed by atoms with Crippen molar-refractivity contribution in [1.29, 1.82) is 0 Å². The Morgan fingerprint density at radius 1 is 1.33 bits per heavy atom. The Morgan fingerprint density at radius 2 is 2.00 bits per heavy atom. The molecule has 2 unspecified atom stereocenters. The van der Waals surface area contributed by atoms with Gasteiger partial charge in [-0.05, 0) is 25.2 Å². The molecule has 5 nitrogen and oxygen atoms in total. The predicted molar refractivity (Wildman–Crippen MR) is 68.7 cm³/mol. The summed E-state index contributed by atoms with van der Waals surface area (Å²) in [5, 5.41) is 2.79. The molecule has 1 rings (SSSR count). The highest BCUT2D eigenvalue weighted by Crippen LogP contribution is 2.23. The van der Waals surface area contributed by atoms with Crippen LogP contribution in [0.3, 0.4) is 0 Å². The molecule has 104 valence electrons. The van der Waals surface area contributed by atoms with Crippen LogP contribution in [0.25, 0.3) is 0 Å². The number of esters is 1. The summed E-state index contributed by atoms with van der Waals surface area (Å²) in [6.45, 7) is 3.77. The number of carbonyl (C=O) groups excluding carboxylic acids is 2. The van der Waals surface area contributed by atoms with E-state index in [0.717, 1.165) is 19.3 Å². The Bertz CT molecular complexity index is 305. The van der Waals surface area contributed by atoms with E-state index in [1.165, 1.54) is 7.11 Å². The van der Waals surface area contributed by atoms with Crippen LogP contribution >= 0.6 is 0 Å². The van der Waals surface area contributed by atoms with Gasteiger partial charge in [-0.25, -0.2) is 4.79 Å². The largest absolute Gasteiger partial charge is 0.467 e. The molecule has 0 radical (unpaired) electrons. The Balaban J connectivity index is 2.58. The molecule has 3 N–H and O–H groups in total. The van der Waals surface area contributed by atoms with Gasteiger partial charge in [-0.1, -0.05) is 20.3 Å². The topological polar surface area (TPSA) is 81.4 Å². The van der Waals surface area contributed by atoms with Crippen LogP contribution in [0.15, 0.2) is 0 Å². The van der Waals surface area contributed by atoms with Crippen molar-refractivity contribution in [2.45, 2.75) is 51.6 Å². The third-order valence-corrected chi connectivity index (χ3v) is 3.51. The monoisotopic (exact) mass is 256 g/mol. The van der Waals surface area contributed by atoms with E-state index in [2.05, 4.69) is 5.32 Å². The van der Waals surface area contributed by atoms with E-state index in [0.29, 0.717) is 6.42 Å². The van der Waals surface area contributed by atoms with E-state index in [9.17, 15) is 9.59 Å². The average molecular weight is 256 g/mol. The molecular formula is C13H24N2O3. The first-order valence-electron chi connectivity index (χ1n) is 6.59. The van der Waals surface area contributed by atoms with Gasteiger partial charge in [0.2, 0.25) is 5.91 Å². The Hall–Kier alpha value is -1.10.